The van der Waals surface area contributed by atoms with Gasteiger partial charge in [0.1, 0.15) is 24.3 Å². The van der Waals surface area contributed by atoms with E-state index >= 15 is 0 Å². The molecule has 11 heteroatoms. The second-order valence-electron chi connectivity index (χ2n) is 9.11. The summed E-state index contributed by atoms with van der Waals surface area (Å²) in [4.78, 5) is 52.1. The molecule has 11 nitrogen and oxygen atoms in total. The molecule has 42 heavy (non-hydrogen) atoms. The Bertz CT molecular complexity index is 1670. The molecule has 0 bridgehead atoms. The van der Waals surface area contributed by atoms with E-state index in [4.69, 9.17) is 18.9 Å². The maximum atomic E-state index is 13.2. The summed E-state index contributed by atoms with van der Waals surface area (Å²) >= 11 is 0. The van der Waals surface area contributed by atoms with E-state index in [-0.39, 0.29) is 22.3 Å². The molecule has 1 aliphatic rings. The van der Waals surface area contributed by atoms with E-state index in [2.05, 4.69) is 5.10 Å². The van der Waals surface area contributed by atoms with Gasteiger partial charge < -0.3 is 18.9 Å². The van der Waals surface area contributed by atoms with Crippen LogP contribution in [0.5, 0.6) is 0 Å². The highest BCUT2D eigenvalue weighted by Crippen LogP contribution is 2.34. The monoisotopic (exact) mass is 565 g/mol. The largest absolute Gasteiger partial charge is 0.459 e. The van der Waals surface area contributed by atoms with E-state index in [1.807, 2.05) is 0 Å². The van der Waals surface area contributed by atoms with Gasteiger partial charge in [0.15, 0.2) is 18.4 Å². The molecule has 1 saturated heterocycles. The van der Waals surface area contributed by atoms with Gasteiger partial charge in [0, 0.05) is 6.20 Å². The van der Waals surface area contributed by atoms with E-state index in [0.717, 1.165) is 4.68 Å². The van der Waals surface area contributed by atoms with Crippen molar-refractivity contribution in [1.82, 2.24) is 9.78 Å². The molecular formula is C31H23N3O8. The first-order valence-corrected chi connectivity index (χ1v) is 12.8. The van der Waals surface area contributed by atoms with Crippen LogP contribution in [-0.2, 0) is 18.9 Å². The van der Waals surface area contributed by atoms with Gasteiger partial charge in [0.2, 0.25) is 0 Å². The fourth-order valence-electron chi connectivity index (χ4n) is 4.35. The Kier molecular flexibility index (Phi) is 8.46. The molecule has 3 aromatic carbocycles. The molecule has 4 atom stereocenters. The zero-order valence-electron chi connectivity index (χ0n) is 21.9. The van der Waals surface area contributed by atoms with Crippen LogP contribution in [0.15, 0.2) is 108 Å². The van der Waals surface area contributed by atoms with Crippen molar-refractivity contribution in [2.24, 2.45) is 0 Å². The van der Waals surface area contributed by atoms with Gasteiger partial charge in [-0.05, 0) is 42.5 Å². The van der Waals surface area contributed by atoms with Gasteiger partial charge >= 0.3 is 17.9 Å². The second-order valence-corrected chi connectivity index (χ2v) is 9.11. The van der Waals surface area contributed by atoms with Crippen molar-refractivity contribution in [1.29, 1.82) is 5.26 Å². The molecule has 2 heterocycles. The summed E-state index contributed by atoms with van der Waals surface area (Å²) in [6.07, 6.45) is -4.19. The Morgan fingerprint density at radius 3 is 1.79 bits per heavy atom. The lowest BCUT2D eigenvalue weighted by molar-refractivity contribution is -0.0692. The first kappa shape index (κ1) is 27.9. The smallest absolute Gasteiger partial charge is 0.338 e. The summed E-state index contributed by atoms with van der Waals surface area (Å²) in [5.74, 6) is -2.23. The van der Waals surface area contributed by atoms with Crippen molar-refractivity contribution in [3.8, 4) is 6.07 Å². The van der Waals surface area contributed by atoms with Crippen LogP contribution in [0.2, 0.25) is 0 Å². The van der Waals surface area contributed by atoms with Crippen LogP contribution in [-0.4, -0.2) is 52.6 Å². The van der Waals surface area contributed by atoms with Crippen LogP contribution >= 0.6 is 0 Å². The number of nitriles is 1. The van der Waals surface area contributed by atoms with Crippen LogP contribution in [0.1, 0.15) is 42.9 Å². The van der Waals surface area contributed by atoms with E-state index in [1.54, 1.807) is 72.8 Å². The van der Waals surface area contributed by atoms with Crippen molar-refractivity contribution >= 4 is 17.9 Å². The first-order valence-electron chi connectivity index (χ1n) is 12.8. The maximum Gasteiger partial charge on any atom is 0.338 e. The number of hydrogen-bond acceptors (Lipinski definition) is 10. The summed E-state index contributed by atoms with van der Waals surface area (Å²) < 4.78 is 24.0. The summed E-state index contributed by atoms with van der Waals surface area (Å²) in [5, 5.41) is 13.4. The number of benzene rings is 3. The number of nitrogens with zero attached hydrogens (tertiary/aromatic N) is 3. The molecular weight excluding hydrogens is 542 g/mol. The standard InChI is InChI=1S/C31H23N3O8/c32-18-23-16-17-33-34(27(23)35)28-26(42-31(38)22-14-8-3-9-15-22)25(41-30(37)21-12-6-2-7-13-21)24(40-28)19-39-29(36)20-10-4-1-5-11-20/h1-17,24-26,28H,19H2/t24-,25-,26-,28-/m1/s1. The molecule has 1 aliphatic heterocycles. The highest BCUT2D eigenvalue weighted by Gasteiger charge is 2.52. The van der Waals surface area contributed by atoms with Crippen LogP contribution in [0.3, 0.4) is 0 Å². The molecule has 1 fully saturated rings. The average Bonchev–Trinajstić information content (AvgIpc) is 3.36. The number of aromatic nitrogens is 2. The molecule has 0 saturated carbocycles. The quantitative estimate of drug-likeness (QED) is 0.230. The Balaban J connectivity index is 1.52. The summed E-state index contributed by atoms with van der Waals surface area (Å²) in [6, 6.07) is 27.4. The van der Waals surface area contributed by atoms with Gasteiger partial charge in [-0.25, -0.2) is 14.4 Å². The third-order valence-corrected chi connectivity index (χ3v) is 6.41. The Hall–Kier alpha value is -5.60. The number of carbonyl (C=O) groups excluding carboxylic acids is 3. The van der Waals surface area contributed by atoms with E-state index < -0.39 is 54.6 Å². The van der Waals surface area contributed by atoms with Gasteiger partial charge in [-0.2, -0.15) is 15.0 Å². The minimum Gasteiger partial charge on any atom is -0.459 e. The SMILES string of the molecule is N#Cc1ccnn([C@@H]2O[C@H](COC(=O)c3ccccc3)[C@@H](OC(=O)c3ccccc3)[C@H]2OC(=O)c2ccccc2)c1=O. The molecule has 5 rings (SSSR count). The lowest BCUT2D eigenvalue weighted by atomic mass is 10.1. The van der Waals surface area contributed by atoms with Gasteiger partial charge in [0.05, 0.1) is 16.7 Å². The lowest BCUT2D eigenvalue weighted by Crippen LogP contribution is -2.43. The predicted octanol–water partition coefficient (Wildman–Crippen LogP) is 3.32. The zero-order valence-corrected chi connectivity index (χ0v) is 21.9. The lowest BCUT2D eigenvalue weighted by Gasteiger charge is -2.24. The van der Waals surface area contributed by atoms with E-state index in [0.29, 0.717) is 0 Å². The Labute approximate surface area is 239 Å². The van der Waals surface area contributed by atoms with Crippen molar-refractivity contribution < 1.29 is 33.3 Å². The van der Waals surface area contributed by atoms with E-state index in [1.165, 1.54) is 36.5 Å². The van der Waals surface area contributed by atoms with Gasteiger partial charge in [-0.15, -0.1) is 0 Å². The fourth-order valence-corrected chi connectivity index (χ4v) is 4.35. The van der Waals surface area contributed by atoms with Crippen LogP contribution in [0.4, 0.5) is 0 Å². The molecule has 210 valence electrons. The second kappa shape index (κ2) is 12.7. The third-order valence-electron chi connectivity index (χ3n) is 6.41. The maximum absolute atomic E-state index is 13.2. The summed E-state index contributed by atoms with van der Waals surface area (Å²) in [6.45, 7) is -0.428. The van der Waals surface area contributed by atoms with Gasteiger partial charge in [0.25, 0.3) is 5.56 Å². The molecule has 0 aliphatic carbocycles. The van der Waals surface area contributed by atoms with Crippen molar-refractivity contribution in [2.45, 2.75) is 24.5 Å². The van der Waals surface area contributed by atoms with Gasteiger partial charge in [-0.1, -0.05) is 54.6 Å². The molecule has 4 aromatic rings. The minimum absolute atomic E-state index is 0.189. The molecule has 1 aromatic heterocycles. The zero-order chi connectivity index (χ0) is 29.5. The predicted molar refractivity (Wildman–Crippen MR) is 145 cm³/mol. The number of carbonyl (C=O) groups is 3. The first-order chi connectivity index (χ1) is 20.5. The molecule has 0 radical (unpaired) electrons. The van der Waals surface area contributed by atoms with Crippen molar-refractivity contribution in [3.05, 3.63) is 136 Å². The number of esters is 3. The van der Waals surface area contributed by atoms with Crippen LogP contribution in [0, 0.1) is 11.3 Å². The Morgan fingerprint density at radius 2 is 1.26 bits per heavy atom. The molecule has 0 amide bonds. The highest BCUT2D eigenvalue weighted by atomic mass is 16.7. The fraction of sp³-hybridized carbons (Fsp3) is 0.161. The number of ether oxygens (including phenoxy) is 4. The highest BCUT2D eigenvalue weighted by molar-refractivity contribution is 5.91. The molecule has 0 N–H and O–H groups in total. The van der Waals surface area contributed by atoms with Crippen LogP contribution < -0.4 is 5.56 Å². The van der Waals surface area contributed by atoms with Crippen molar-refractivity contribution in [2.75, 3.05) is 6.61 Å². The summed E-state index contributed by atoms with van der Waals surface area (Å²) in [7, 11) is 0. The van der Waals surface area contributed by atoms with Gasteiger partial charge in [-0.3, -0.25) is 4.79 Å². The average molecular weight is 566 g/mol. The molecule has 0 spiro atoms. The van der Waals surface area contributed by atoms with Crippen LogP contribution in [0.25, 0.3) is 0 Å². The number of rotatable bonds is 8. The van der Waals surface area contributed by atoms with Crippen molar-refractivity contribution in [3.63, 3.8) is 0 Å². The third kappa shape index (κ3) is 6.09. The Morgan fingerprint density at radius 1 is 0.762 bits per heavy atom. The number of hydrogen-bond donors (Lipinski definition) is 0. The topological polar surface area (TPSA) is 147 Å². The molecule has 0 unspecified atom stereocenters. The summed E-state index contributed by atoms with van der Waals surface area (Å²) in [5.41, 5.74) is -0.388. The minimum atomic E-state index is -1.44. The normalized spacial score (nSPS) is 19.3. The van der Waals surface area contributed by atoms with E-state index in [9.17, 15) is 24.4 Å².